The number of pyridine rings is 1. The van der Waals surface area contributed by atoms with Crippen molar-refractivity contribution in [1.29, 1.82) is 0 Å². The van der Waals surface area contributed by atoms with E-state index < -0.39 is 17.1 Å². The molecule has 0 bridgehead atoms. The molecule has 0 aliphatic carbocycles. The van der Waals surface area contributed by atoms with Gasteiger partial charge in [-0.2, -0.15) is 0 Å². The van der Waals surface area contributed by atoms with Gasteiger partial charge in [0.05, 0.1) is 22.2 Å². The van der Waals surface area contributed by atoms with Gasteiger partial charge in [-0.3, -0.25) is 24.3 Å². The van der Waals surface area contributed by atoms with Crippen molar-refractivity contribution in [3.05, 3.63) is 81.4 Å². The first-order valence-corrected chi connectivity index (χ1v) is 13.8. The summed E-state index contributed by atoms with van der Waals surface area (Å²) in [6.07, 6.45) is 5.21. The number of aromatic nitrogens is 1. The first-order chi connectivity index (χ1) is 17.9. The Labute approximate surface area is 230 Å². The molecular formula is C26H22BrN3O5S2. The number of carbonyl (C=O) groups excluding carboxylic acids is 3. The van der Waals surface area contributed by atoms with Crippen LogP contribution in [0.1, 0.15) is 11.3 Å². The van der Waals surface area contributed by atoms with Crippen LogP contribution >= 0.6 is 39.5 Å². The van der Waals surface area contributed by atoms with E-state index in [0.29, 0.717) is 27.2 Å². The Balaban J connectivity index is 1.46. The fraction of sp³-hybridized carbons (Fsp3) is 0.154. The second kappa shape index (κ2) is 12.3. The zero-order chi connectivity index (χ0) is 26.4. The van der Waals surface area contributed by atoms with Crippen molar-refractivity contribution in [2.24, 2.45) is 0 Å². The van der Waals surface area contributed by atoms with Crippen molar-refractivity contribution in [1.82, 2.24) is 9.88 Å². The number of benzene rings is 2. The summed E-state index contributed by atoms with van der Waals surface area (Å²) >= 11 is 5.83. The average molecular weight is 601 g/mol. The molecule has 0 atom stereocenters. The molecule has 2 aromatic carbocycles. The van der Waals surface area contributed by atoms with E-state index in [4.69, 9.17) is 9.47 Å². The number of thioether (sulfide) groups is 2. The van der Waals surface area contributed by atoms with Crippen LogP contribution in [0.5, 0.6) is 11.5 Å². The lowest BCUT2D eigenvalue weighted by molar-refractivity contribution is -0.127. The van der Waals surface area contributed by atoms with Gasteiger partial charge in [0.15, 0.2) is 11.5 Å². The van der Waals surface area contributed by atoms with Gasteiger partial charge in [-0.25, -0.2) is 0 Å². The molecule has 1 N–H and O–H groups in total. The van der Waals surface area contributed by atoms with Gasteiger partial charge < -0.3 is 14.8 Å². The van der Waals surface area contributed by atoms with E-state index in [1.54, 1.807) is 42.2 Å². The van der Waals surface area contributed by atoms with Gasteiger partial charge in [0.25, 0.3) is 11.1 Å². The van der Waals surface area contributed by atoms with E-state index in [9.17, 15) is 14.4 Å². The maximum atomic E-state index is 12.9. The van der Waals surface area contributed by atoms with Crippen LogP contribution in [0.15, 0.2) is 75.1 Å². The molecule has 0 saturated carbocycles. The third-order valence-corrected chi connectivity index (χ3v) is 7.39. The highest BCUT2D eigenvalue weighted by Gasteiger charge is 2.36. The summed E-state index contributed by atoms with van der Waals surface area (Å²) in [5.41, 5.74) is 1.98. The van der Waals surface area contributed by atoms with Crippen LogP contribution in [0.3, 0.4) is 0 Å². The van der Waals surface area contributed by atoms with Crippen LogP contribution in [0, 0.1) is 0 Å². The first kappa shape index (κ1) is 26.8. The quantitative estimate of drug-likeness (QED) is 0.242. The number of imide groups is 1. The lowest BCUT2D eigenvalue weighted by Crippen LogP contribution is -2.36. The van der Waals surface area contributed by atoms with E-state index in [1.165, 1.54) is 7.11 Å². The second-order valence-corrected chi connectivity index (χ2v) is 10.4. The lowest BCUT2D eigenvalue weighted by atomic mass is 10.2. The zero-order valence-corrected chi connectivity index (χ0v) is 23.1. The summed E-state index contributed by atoms with van der Waals surface area (Å²) in [5.74, 6) is -0.0579. The number of carbonyl (C=O) groups is 3. The number of nitrogens with zero attached hydrogens (tertiary/aromatic N) is 2. The molecule has 1 saturated heterocycles. The van der Waals surface area contributed by atoms with Crippen LogP contribution in [0.2, 0.25) is 0 Å². The van der Waals surface area contributed by atoms with Crippen LogP contribution < -0.4 is 14.8 Å². The summed E-state index contributed by atoms with van der Waals surface area (Å²) in [6.45, 7) is -0.128. The Morgan fingerprint density at radius 1 is 1.19 bits per heavy atom. The molecule has 3 amide bonds. The van der Waals surface area contributed by atoms with Crippen molar-refractivity contribution in [3.8, 4) is 11.5 Å². The van der Waals surface area contributed by atoms with Crippen molar-refractivity contribution < 1.29 is 23.9 Å². The Kier molecular flexibility index (Phi) is 8.91. The minimum absolute atomic E-state index is 0.207. The molecule has 2 heterocycles. The molecule has 3 aromatic rings. The maximum absolute atomic E-state index is 12.9. The molecule has 1 aliphatic rings. The number of ether oxygens (including phenoxy) is 2. The van der Waals surface area contributed by atoms with Crippen molar-refractivity contribution in [3.63, 3.8) is 0 Å². The van der Waals surface area contributed by atoms with E-state index in [2.05, 4.69) is 26.2 Å². The number of hydrogen-bond acceptors (Lipinski definition) is 8. The molecule has 1 aliphatic heterocycles. The molecule has 11 heteroatoms. The van der Waals surface area contributed by atoms with Gasteiger partial charge in [0, 0.05) is 16.8 Å². The fourth-order valence-corrected chi connectivity index (χ4v) is 5.30. The molecule has 1 fully saturated rings. The number of amides is 3. The zero-order valence-electron chi connectivity index (χ0n) is 19.9. The first-order valence-electron chi connectivity index (χ1n) is 11.0. The highest BCUT2D eigenvalue weighted by molar-refractivity contribution is 9.10. The predicted octanol–water partition coefficient (Wildman–Crippen LogP) is 5.83. The normalized spacial score (nSPS) is 14.2. The van der Waals surface area contributed by atoms with E-state index in [1.807, 2.05) is 42.7 Å². The van der Waals surface area contributed by atoms with Gasteiger partial charge in [0.2, 0.25) is 5.91 Å². The minimum Gasteiger partial charge on any atom is -0.493 e. The minimum atomic E-state index is -0.534. The highest BCUT2D eigenvalue weighted by atomic mass is 79.9. The average Bonchev–Trinajstić information content (AvgIpc) is 3.15. The molecule has 1 aromatic heterocycles. The van der Waals surface area contributed by atoms with Gasteiger partial charge in [-0.1, -0.05) is 12.1 Å². The van der Waals surface area contributed by atoms with E-state index in [-0.39, 0.29) is 18.1 Å². The smallest absolute Gasteiger partial charge is 0.294 e. The molecule has 4 rings (SSSR count). The second-order valence-electron chi connectivity index (χ2n) is 7.69. The fourth-order valence-electron chi connectivity index (χ4n) is 3.43. The maximum Gasteiger partial charge on any atom is 0.294 e. The Morgan fingerprint density at radius 2 is 2.03 bits per heavy atom. The van der Waals surface area contributed by atoms with E-state index >= 15 is 0 Å². The number of halogens is 1. The molecule has 37 heavy (non-hydrogen) atoms. The van der Waals surface area contributed by atoms with Crippen LogP contribution in [-0.2, 0) is 16.2 Å². The van der Waals surface area contributed by atoms with Crippen molar-refractivity contribution in [2.45, 2.75) is 11.5 Å². The molecule has 0 spiro atoms. The number of rotatable bonds is 9. The standard InChI is InChI=1S/C26H22BrN3O5S2/c1-34-21-11-16(10-20(27)24(21)35-15-18-6-3-4-9-28-18)12-22-25(32)30(26(33)37-22)14-23(31)29-17-7-5-8-19(13-17)36-2/h3-13H,14-15H2,1-2H3,(H,29,31)/b22-12+. The van der Waals surface area contributed by atoms with Gasteiger partial charge in [-0.15, -0.1) is 11.8 Å². The number of methoxy groups -OCH3 is 1. The molecular weight excluding hydrogens is 578 g/mol. The third-order valence-electron chi connectivity index (χ3n) is 5.17. The summed E-state index contributed by atoms with van der Waals surface area (Å²) < 4.78 is 12.0. The van der Waals surface area contributed by atoms with Crippen LogP contribution in [-0.4, -0.2) is 46.8 Å². The molecule has 0 unspecified atom stereocenters. The van der Waals surface area contributed by atoms with Crippen molar-refractivity contribution in [2.75, 3.05) is 25.2 Å². The summed E-state index contributed by atoms with van der Waals surface area (Å²) in [6, 6.07) is 16.3. The predicted molar refractivity (Wildman–Crippen MR) is 149 cm³/mol. The number of hydrogen-bond donors (Lipinski definition) is 1. The number of nitrogens with one attached hydrogen (secondary N) is 1. The topological polar surface area (TPSA) is 97.8 Å². The summed E-state index contributed by atoms with van der Waals surface area (Å²) in [7, 11) is 1.51. The van der Waals surface area contributed by atoms with E-state index in [0.717, 1.165) is 27.3 Å². The molecule has 8 nitrogen and oxygen atoms in total. The van der Waals surface area contributed by atoms with Crippen LogP contribution in [0.25, 0.3) is 6.08 Å². The van der Waals surface area contributed by atoms with Gasteiger partial charge in [0.1, 0.15) is 13.2 Å². The Morgan fingerprint density at radius 3 is 2.76 bits per heavy atom. The summed E-state index contributed by atoms with van der Waals surface area (Å²) in [4.78, 5) is 44.3. The molecule has 0 radical (unpaired) electrons. The largest absolute Gasteiger partial charge is 0.493 e. The van der Waals surface area contributed by atoms with Crippen molar-refractivity contribution >= 4 is 68.3 Å². The highest BCUT2D eigenvalue weighted by Crippen LogP contribution is 2.39. The SMILES string of the molecule is COc1cc(/C=C2/SC(=O)N(CC(=O)Nc3cccc(SC)c3)C2=O)cc(Br)c1OCc1ccccn1. The Bertz CT molecular complexity index is 1370. The number of anilines is 1. The van der Waals surface area contributed by atoms with Gasteiger partial charge >= 0.3 is 0 Å². The summed E-state index contributed by atoms with van der Waals surface area (Å²) in [5, 5.41) is 2.22. The lowest BCUT2D eigenvalue weighted by Gasteiger charge is -2.14. The van der Waals surface area contributed by atoms with Gasteiger partial charge in [-0.05, 0) is 88.1 Å². The van der Waals surface area contributed by atoms with Crippen LogP contribution in [0.4, 0.5) is 10.5 Å². The molecule has 190 valence electrons. The monoisotopic (exact) mass is 599 g/mol. The third kappa shape index (κ3) is 6.73. The Hall–Kier alpha value is -3.28.